The first-order valence-corrected chi connectivity index (χ1v) is 10.4. The zero-order valence-corrected chi connectivity index (χ0v) is 17.2. The van der Waals surface area contributed by atoms with Crippen molar-refractivity contribution in [3.63, 3.8) is 0 Å². The number of nitrogens with zero attached hydrogens (tertiary/aromatic N) is 2. The highest BCUT2D eigenvalue weighted by Gasteiger charge is 2.37. The second-order valence-electron chi connectivity index (χ2n) is 8.03. The third-order valence-electron chi connectivity index (χ3n) is 5.87. The van der Waals surface area contributed by atoms with Gasteiger partial charge in [0.15, 0.2) is 0 Å². The maximum atomic E-state index is 13.1. The molecule has 0 aliphatic carbocycles. The van der Waals surface area contributed by atoms with Crippen molar-refractivity contribution in [2.75, 3.05) is 19.7 Å². The van der Waals surface area contributed by atoms with Crippen molar-refractivity contribution in [2.24, 2.45) is 5.92 Å². The number of likely N-dealkylation sites (tertiary alicyclic amines) is 1. The number of hydrogen-bond acceptors (Lipinski definition) is 3. The van der Waals surface area contributed by atoms with Crippen LogP contribution in [0.1, 0.15) is 35.6 Å². The van der Waals surface area contributed by atoms with E-state index in [1.807, 2.05) is 35.8 Å². The summed E-state index contributed by atoms with van der Waals surface area (Å²) in [5.74, 6) is 0.766. The van der Waals surface area contributed by atoms with E-state index in [0.717, 1.165) is 23.3 Å². The standard InChI is InChI=1S/C24H28N2O3/c1-3-29-22-9-8-19-10-11-25(15-20(19)12-22)24(28)21-13-23(27)26(16-21)14-18-6-4-17(2)5-7-18/h4-9,12,21H,3,10-11,13-16H2,1-2H3. The van der Waals surface area contributed by atoms with Crippen molar-refractivity contribution in [3.05, 3.63) is 64.7 Å². The molecule has 5 heteroatoms. The van der Waals surface area contributed by atoms with E-state index in [9.17, 15) is 9.59 Å². The van der Waals surface area contributed by atoms with Crippen LogP contribution in [0.3, 0.4) is 0 Å². The number of carbonyl (C=O) groups is 2. The number of rotatable bonds is 5. The molecule has 1 atom stereocenters. The van der Waals surface area contributed by atoms with Crippen molar-refractivity contribution in [1.82, 2.24) is 9.80 Å². The highest BCUT2D eigenvalue weighted by Crippen LogP contribution is 2.28. The SMILES string of the molecule is CCOc1ccc2c(c1)CN(C(=O)C1CC(=O)N(Cc3ccc(C)cc3)C1)CC2. The molecule has 152 valence electrons. The van der Waals surface area contributed by atoms with Crippen LogP contribution in [0.25, 0.3) is 0 Å². The fraction of sp³-hybridized carbons (Fsp3) is 0.417. The monoisotopic (exact) mass is 392 g/mol. The quantitative estimate of drug-likeness (QED) is 0.784. The van der Waals surface area contributed by atoms with E-state index in [4.69, 9.17) is 4.74 Å². The third-order valence-corrected chi connectivity index (χ3v) is 5.87. The Morgan fingerprint density at radius 1 is 1.14 bits per heavy atom. The summed E-state index contributed by atoms with van der Waals surface area (Å²) < 4.78 is 5.60. The maximum Gasteiger partial charge on any atom is 0.228 e. The van der Waals surface area contributed by atoms with Gasteiger partial charge in [0.1, 0.15) is 5.75 Å². The lowest BCUT2D eigenvalue weighted by Gasteiger charge is -2.31. The lowest BCUT2D eigenvalue weighted by molar-refractivity contribution is -0.136. The average molecular weight is 392 g/mol. The molecule has 4 rings (SSSR count). The van der Waals surface area contributed by atoms with Crippen molar-refractivity contribution in [3.8, 4) is 5.75 Å². The normalized spacial score (nSPS) is 18.7. The van der Waals surface area contributed by atoms with Crippen molar-refractivity contribution in [1.29, 1.82) is 0 Å². The molecule has 0 bridgehead atoms. The summed E-state index contributed by atoms with van der Waals surface area (Å²) >= 11 is 0. The summed E-state index contributed by atoms with van der Waals surface area (Å²) in [4.78, 5) is 29.3. The molecule has 0 aromatic heterocycles. The van der Waals surface area contributed by atoms with E-state index in [2.05, 4.69) is 30.3 Å². The predicted octanol–water partition coefficient (Wildman–Crippen LogP) is 3.33. The molecule has 0 radical (unpaired) electrons. The second kappa shape index (κ2) is 8.27. The topological polar surface area (TPSA) is 49.9 Å². The Balaban J connectivity index is 1.40. The molecular formula is C24H28N2O3. The van der Waals surface area contributed by atoms with Crippen LogP contribution in [0, 0.1) is 12.8 Å². The van der Waals surface area contributed by atoms with Crippen LogP contribution >= 0.6 is 0 Å². The molecule has 1 saturated heterocycles. The smallest absolute Gasteiger partial charge is 0.228 e. The van der Waals surface area contributed by atoms with Gasteiger partial charge in [-0.25, -0.2) is 0 Å². The Bertz CT molecular complexity index is 907. The minimum atomic E-state index is -0.246. The highest BCUT2D eigenvalue weighted by atomic mass is 16.5. The number of carbonyl (C=O) groups excluding carboxylic acids is 2. The van der Waals surface area contributed by atoms with Gasteiger partial charge >= 0.3 is 0 Å². The van der Waals surface area contributed by atoms with E-state index in [-0.39, 0.29) is 17.7 Å². The van der Waals surface area contributed by atoms with E-state index in [1.54, 1.807) is 0 Å². The average Bonchev–Trinajstić information content (AvgIpc) is 3.09. The highest BCUT2D eigenvalue weighted by molar-refractivity contribution is 5.89. The Labute approximate surface area is 172 Å². The molecule has 0 saturated carbocycles. The fourth-order valence-electron chi connectivity index (χ4n) is 4.24. The Morgan fingerprint density at radius 3 is 2.69 bits per heavy atom. The maximum absolute atomic E-state index is 13.1. The summed E-state index contributed by atoms with van der Waals surface area (Å²) in [6, 6.07) is 14.4. The van der Waals surface area contributed by atoms with Crippen LogP contribution in [0.2, 0.25) is 0 Å². The first-order chi connectivity index (χ1) is 14.0. The molecule has 29 heavy (non-hydrogen) atoms. The van der Waals surface area contributed by atoms with Gasteiger partial charge in [-0.15, -0.1) is 0 Å². The fourth-order valence-corrected chi connectivity index (χ4v) is 4.24. The van der Waals surface area contributed by atoms with Gasteiger partial charge in [-0.05, 0) is 49.1 Å². The summed E-state index contributed by atoms with van der Waals surface area (Å²) in [5, 5.41) is 0. The van der Waals surface area contributed by atoms with Gasteiger partial charge in [0.25, 0.3) is 0 Å². The summed E-state index contributed by atoms with van der Waals surface area (Å²) in [5.41, 5.74) is 4.73. The van der Waals surface area contributed by atoms with Crippen LogP contribution in [-0.4, -0.2) is 41.3 Å². The Morgan fingerprint density at radius 2 is 1.93 bits per heavy atom. The van der Waals surface area contributed by atoms with Crippen molar-refractivity contribution in [2.45, 2.75) is 39.8 Å². The number of aryl methyl sites for hydroxylation is 1. The Hall–Kier alpha value is -2.82. The Kier molecular flexibility index (Phi) is 5.56. The van der Waals surface area contributed by atoms with E-state index < -0.39 is 0 Å². The first kappa shape index (κ1) is 19.5. The molecule has 2 aliphatic heterocycles. The molecule has 2 aliphatic rings. The zero-order chi connectivity index (χ0) is 20.4. The van der Waals surface area contributed by atoms with Crippen LogP contribution < -0.4 is 4.74 Å². The second-order valence-corrected chi connectivity index (χ2v) is 8.03. The molecular weight excluding hydrogens is 364 g/mol. The molecule has 5 nitrogen and oxygen atoms in total. The summed E-state index contributed by atoms with van der Waals surface area (Å²) in [6.07, 6.45) is 1.16. The van der Waals surface area contributed by atoms with Crippen LogP contribution in [0.15, 0.2) is 42.5 Å². The van der Waals surface area contributed by atoms with Crippen molar-refractivity contribution < 1.29 is 14.3 Å². The van der Waals surface area contributed by atoms with Gasteiger partial charge in [-0.1, -0.05) is 35.9 Å². The summed E-state index contributed by atoms with van der Waals surface area (Å²) in [6.45, 7) is 7.03. The first-order valence-electron chi connectivity index (χ1n) is 10.4. The number of hydrogen-bond donors (Lipinski definition) is 0. The minimum Gasteiger partial charge on any atom is -0.494 e. The largest absolute Gasteiger partial charge is 0.494 e. The van der Waals surface area contributed by atoms with Crippen LogP contribution in [0.4, 0.5) is 0 Å². The molecule has 1 fully saturated rings. The third kappa shape index (κ3) is 4.29. The molecule has 0 spiro atoms. The van der Waals surface area contributed by atoms with Gasteiger partial charge in [0.05, 0.1) is 12.5 Å². The van der Waals surface area contributed by atoms with E-state index >= 15 is 0 Å². The molecule has 0 N–H and O–H groups in total. The molecule has 2 aromatic rings. The predicted molar refractivity (Wildman–Crippen MR) is 111 cm³/mol. The van der Waals surface area contributed by atoms with Crippen LogP contribution in [0.5, 0.6) is 5.75 Å². The number of amides is 2. The lowest BCUT2D eigenvalue weighted by atomic mass is 9.97. The van der Waals surface area contributed by atoms with Gasteiger partial charge in [-0.2, -0.15) is 0 Å². The van der Waals surface area contributed by atoms with Gasteiger partial charge in [0.2, 0.25) is 11.8 Å². The molecule has 2 aromatic carbocycles. The summed E-state index contributed by atoms with van der Waals surface area (Å²) in [7, 11) is 0. The molecule has 1 unspecified atom stereocenters. The number of ether oxygens (including phenoxy) is 1. The number of benzene rings is 2. The lowest BCUT2D eigenvalue weighted by Crippen LogP contribution is -2.40. The molecule has 2 heterocycles. The molecule has 2 amide bonds. The van der Waals surface area contributed by atoms with Gasteiger partial charge in [-0.3, -0.25) is 9.59 Å². The van der Waals surface area contributed by atoms with E-state index in [1.165, 1.54) is 11.1 Å². The minimum absolute atomic E-state index is 0.0694. The van der Waals surface area contributed by atoms with Gasteiger partial charge < -0.3 is 14.5 Å². The number of fused-ring (bicyclic) bond motifs is 1. The van der Waals surface area contributed by atoms with E-state index in [0.29, 0.717) is 39.2 Å². The van der Waals surface area contributed by atoms with Gasteiger partial charge in [0, 0.05) is 32.6 Å². The van der Waals surface area contributed by atoms with Crippen LogP contribution in [-0.2, 0) is 29.1 Å². The van der Waals surface area contributed by atoms with Crippen molar-refractivity contribution >= 4 is 11.8 Å². The zero-order valence-electron chi connectivity index (χ0n) is 17.2.